The van der Waals surface area contributed by atoms with Gasteiger partial charge in [0.15, 0.2) is 0 Å². The lowest BCUT2D eigenvalue weighted by Crippen LogP contribution is -2.24. The van der Waals surface area contributed by atoms with Crippen LogP contribution in [0.4, 0.5) is 0 Å². The number of rotatable bonds is 4. The monoisotopic (exact) mass is 452 g/mol. The molecule has 1 atom stereocenters. The van der Waals surface area contributed by atoms with E-state index in [-0.39, 0.29) is 11.5 Å². The van der Waals surface area contributed by atoms with Crippen LogP contribution in [-0.2, 0) is 7.05 Å². The van der Waals surface area contributed by atoms with Gasteiger partial charge in [-0.2, -0.15) is 0 Å². The molecule has 0 spiro atoms. The summed E-state index contributed by atoms with van der Waals surface area (Å²) in [5, 5.41) is 8.49. The molecule has 29 heavy (non-hydrogen) atoms. The van der Waals surface area contributed by atoms with Gasteiger partial charge in [0.25, 0.3) is 5.56 Å². The molecule has 0 unspecified atom stereocenters. The fraction of sp³-hybridized carbons (Fsp3) is 0.333. The van der Waals surface area contributed by atoms with Crippen LogP contribution in [0.2, 0.25) is 0 Å². The molecule has 5 rings (SSSR count). The van der Waals surface area contributed by atoms with Gasteiger partial charge in [0, 0.05) is 24.8 Å². The summed E-state index contributed by atoms with van der Waals surface area (Å²) in [4.78, 5) is 20.6. The van der Waals surface area contributed by atoms with Crippen molar-refractivity contribution in [1.29, 1.82) is 0 Å². The van der Waals surface area contributed by atoms with Gasteiger partial charge in [-0.3, -0.25) is 9.36 Å². The van der Waals surface area contributed by atoms with Gasteiger partial charge in [0.05, 0.1) is 4.47 Å². The number of benzene rings is 1. The first-order valence-electron chi connectivity index (χ1n) is 9.74. The molecule has 1 aliphatic rings. The van der Waals surface area contributed by atoms with Gasteiger partial charge < -0.3 is 9.55 Å². The summed E-state index contributed by atoms with van der Waals surface area (Å²) in [6, 6.07) is 8.19. The van der Waals surface area contributed by atoms with E-state index in [1.165, 1.54) is 19.3 Å². The van der Waals surface area contributed by atoms with E-state index in [0.29, 0.717) is 17.0 Å². The summed E-state index contributed by atoms with van der Waals surface area (Å²) >= 11 is 3.56. The standard InChI is InChI=1S/C21H21BrN6O/c1-12-24-18-16(22)10-28(21(29)19(18)25-12)15-8-4-7-14(9-15)17(13-5-3-6-13)20-26-23-11-27(20)2/h4,7-11,13,17H,3,5-6H2,1-2H3,(H,24,25)/t17-/m1/s1. The minimum Gasteiger partial charge on any atom is -0.338 e. The molecule has 1 N–H and O–H groups in total. The zero-order valence-corrected chi connectivity index (χ0v) is 17.8. The van der Waals surface area contributed by atoms with Gasteiger partial charge in [-0.05, 0) is 59.3 Å². The number of pyridine rings is 1. The number of fused-ring (bicyclic) bond motifs is 1. The fourth-order valence-electron chi connectivity index (χ4n) is 4.21. The summed E-state index contributed by atoms with van der Waals surface area (Å²) < 4.78 is 4.45. The number of hydrogen-bond donors (Lipinski definition) is 1. The molecule has 3 aromatic heterocycles. The highest BCUT2D eigenvalue weighted by Crippen LogP contribution is 2.42. The van der Waals surface area contributed by atoms with E-state index >= 15 is 0 Å². The number of hydrogen-bond acceptors (Lipinski definition) is 4. The average molecular weight is 453 g/mol. The number of H-pyrrole nitrogens is 1. The van der Waals surface area contributed by atoms with Crippen LogP contribution >= 0.6 is 15.9 Å². The quantitative estimate of drug-likeness (QED) is 0.509. The number of halogens is 1. The molecule has 8 heteroatoms. The van der Waals surface area contributed by atoms with Gasteiger partial charge in [0.1, 0.15) is 29.0 Å². The fourth-order valence-corrected chi connectivity index (χ4v) is 4.70. The third-order valence-corrected chi connectivity index (χ3v) is 6.46. The molecule has 1 aromatic carbocycles. The number of aromatic amines is 1. The Balaban J connectivity index is 1.65. The van der Waals surface area contributed by atoms with Crippen molar-refractivity contribution >= 4 is 27.0 Å². The van der Waals surface area contributed by atoms with E-state index in [0.717, 1.165) is 27.4 Å². The van der Waals surface area contributed by atoms with Crippen molar-refractivity contribution in [3.05, 3.63) is 68.8 Å². The molecule has 3 heterocycles. The Labute approximate surface area is 175 Å². The molecule has 0 bridgehead atoms. The molecule has 1 saturated carbocycles. The lowest BCUT2D eigenvalue weighted by atomic mass is 9.72. The van der Waals surface area contributed by atoms with Crippen LogP contribution in [0.1, 0.15) is 42.4 Å². The van der Waals surface area contributed by atoms with Crippen LogP contribution in [-0.4, -0.2) is 29.3 Å². The highest BCUT2D eigenvalue weighted by molar-refractivity contribution is 9.10. The van der Waals surface area contributed by atoms with Gasteiger partial charge in [-0.25, -0.2) is 4.98 Å². The first-order chi connectivity index (χ1) is 14.0. The molecule has 7 nitrogen and oxygen atoms in total. The Kier molecular flexibility index (Phi) is 4.38. The van der Waals surface area contributed by atoms with E-state index in [1.54, 1.807) is 17.1 Å². The maximum absolute atomic E-state index is 13.1. The number of aryl methyl sites for hydroxylation is 2. The second-order valence-corrected chi connectivity index (χ2v) is 8.62. The van der Waals surface area contributed by atoms with Crippen molar-refractivity contribution in [3.63, 3.8) is 0 Å². The van der Waals surface area contributed by atoms with Crippen LogP contribution < -0.4 is 5.56 Å². The van der Waals surface area contributed by atoms with Crippen molar-refractivity contribution in [2.45, 2.75) is 32.1 Å². The van der Waals surface area contributed by atoms with E-state index in [2.05, 4.69) is 48.2 Å². The summed E-state index contributed by atoms with van der Waals surface area (Å²) in [6.07, 6.45) is 7.17. The van der Waals surface area contributed by atoms with E-state index < -0.39 is 0 Å². The Morgan fingerprint density at radius 3 is 2.83 bits per heavy atom. The second kappa shape index (κ2) is 6.95. The minimum absolute atomic E-state index is 0.111. The molecule has 1 aliphatic carbocycles. The summed E-state index contributed by atoms with van der Waals surface area (Å²) in [5.74, 6) is 2.42. The maximum Gasteiger partial charge on any atom is 0.281 e. The predicted molar refractivity (Wildman–Crippen MR) is 114 cm³/mol. The zero-order chi connectivity index (χ0) is 20.1. The van der Waals surface area contributed by atoms with Crippen LogP contribution in [0, 0.1) is 12.8 Å². The Morgan fingerprint density at radius 2 is 2.14 bits per heavy atom. The molecule has 1 fully saturated rings. The Hall–Kier alpha value is -2.74. The predicted octanol–water partition coefficient (Wildman–Crippen LogP) is 3.85. The minimum atomic E-state index is -0.111. The van der Waals surface area contributed by atoms with Crippen LogP contribution in [0.25, 0.3) is 16.7 Å². The topological polar surface area (TPSA) is 81.4 Å². The number of nitrogens with zero attached hydrogens (tertiary/aromatic N) is 5. The van der Waals surface area contributed by atoms with Crippen molar-refractivity contribution in [2.75, 3.05) is 0 Å². The van der Waals surface area contributed by atoms with Crippen molar-refractivity contribution < 1.29 is 0 Å². The molecule has 0 amide bonds. The van der Waals surface area contributed by atoms with E-state index in [9.17, 15) is 4.79 Å². The maximum atomic E-state index is 13.1. The van der Waals surface area contributed by atoms with Gasteiger partial charge >= 0.3 is 0 Å². The molecular weight excluding hydrogens is 432 g/mol. The first kappa shape index (κ1) is 18.3. The normalized spacial score (nSPS) is 15.6. The SMILES string of the molecule is Cc1nc2c(Br)cn(-c3cccc([C@H](c4nncn4C)C4CCC4)c3)c(=O)c2[nH]1. The van der Waals surface area contributed by atoms with Gasteiger partial charge in [-0.1, -0.05) is 18.6 Å². The summed E-state index contributed by atoms with van der Waals surface area (Å²) in [6.45, 7) is 1.85. The molecule has 0 radical (unpaired) electrons. The first-order valence-corrected chi connectivity index (χ1v) is 10.5. The highest BCUT2D eigenvalue weighted by Gasteiger charge is 2.33. The number of imidazole rings is 1. The molecule has 0 aliphatic heterocycles. The lowest BCUT2D eigenvalue weighted by molar-refractivity contribution is 0.274. The zero-order valence-electron chi connectivity index (χ0n) is 16.3. The van der Waals surface area contributed by atoms with E-state index in [4.69, 9.17) is 0 Å². The number of nitrogens with one attached hydrogen (secondary N) is 1. The molecule has 148 valence electrons. The second-order valence-electron chi connectivity index (χ2n) is 7.76. The lowest BCUT2D eigenvalue weighted by Gasteiger charge is -2.33. The molecule has 0 saturated heterocycles. The van der Waals surface area contributed by atoms with Crippen LogP contribution in [0.15, 0.2) is 46.1 Å². The third kappa shape index (κ3) is 3.02. The third-order valence-electron chi connectivity index (χ3n) is 5.88. The van der Waals surface area contributed by atoms with E-state index in [1.807, 2.05) is 30.7 Å². The van der Waals surface area contributed by atoms with Crippen LogP contribution in [0.3, 0.4) is 0 Å². The Bertz CT molecular complexity index is 1270. The largest absolute Gasteiger partial charge is 0.338 e. The highest BCUT2D eigenvalue weighted by atomic mass is 79.9. The average Bonchev–Trinajstić information content (AvgIpc) is 3.27. The summed E-state index contributed by atoms with van der Waals surface area (Å²) in [7, 11) is 1.99. The van der Waals surface area contributed by atoms with Crippen molar-refractivity contribution in [1.82, 2.24) is 29.3 Å². The van der Waals surface area contributed by atoms with Gasteiger partial charge in [0.2, 0.25) is 0 Å². The van der Waals surface area contributed by atoms with Crippen molar-refractivity contribution in [3.8, 4) is 5.69 Å². The summed E-state index contributed by atoms with van der Waals surface area (Å²) in [5.41, 5.74) is 3.04. The Morgan fingerprint density at radius 1 is 1.31 bits per heavy atom. The van der Waals surface area contributed by atoms with Gasteiger partial charge in [-0.15, -0.1) is 10.2 Å². The van der Waals surface area contributed by atoms with Crippen LogP contribution in [0.5, 0.6) is 0 Å². The molecular formula is C21H21BrN6O. The number of aromatic nitrogens is 6. The smallest absolute Gasteiger partial charge is 0.281 e. The molecule has 4 aromatic rings. The van der Waals surface area contributed by atoms with Crippen molar-refractivity contribution in [2.24, 2.45) is 13.0 Å².